The normalized spacial score (nSPS) is 16.5. The quantitative estimate of drug-likeness (QED) is 0.304. The molecule has 1 N–H and O–H groups in total. The number of hydrogen-bond acceptors (Lipinski definition) is 6. The molecule has 0 bridgehead atoms. The second-order valence-corrected chi connectivity index (χ2v) is 10.7. The minimum absolute atomic E-state index is 0.222. The van der Waals surface area contributed by atoms with Crippen molar-refractivity contribution in [2.45, 2.75) is 25.3 Å². The third-order valence-electron chi connectivity index (χ3n) is 8.20. The van der Waals surface area contributed by atoms with Gasteiger partial charge in [0, 0.05) is 66.5 Å². The largest absolute Gasteiger partial charge is 0.420 e. The molecule has 1 aliphatic heterocycles. The highest BCUT2D eigenvalue weighted by atomic mass is 16.4. The zero-order chi connectivity index (χ0) is 26.6. The van der Waals surface area contributed by atoms with E-state index in [1.165, 1.54) is 16.6 Å². The number of likely N-dealkylation sites (tertiary alicyclic amines) is 1. The molecule has 0 saturated carbocycles. The van der Waals surface area contributed by atoms with Crippen LogP contribution in [0.25, 0.3) is 50.2 Å². The number of fused-ring (bicyclic) bond motifs is 3. The molecule has 0 aliphatic carbocycles. The molecule has 0 spiro atoms. The predicted octanol–water partition coefficient (Wildman–Crippen LogP) is 5.80. The van der Waals surface area contributed by atoms with Crippen molar-refractivity contribution in [2.24, 2.45) is 7.05 Å². The molecule has 7 aromatic rings. The van der Waals surface area contributed by atoms with E-state index in [2.05, 4.69) is 78.3 Å². The van der Waals surface area contributed by atoms with E-state index in [9.17, 15) is 0 Å². The second-order valence-electron chi connectivity index (χ2n) is 10.7. The molecule has 0 amide bonds. The van der Waals surface area contributed by atoms with Crippen LogP contribution in [0.4, 0.5) is 0 Å². The third kappa shape index (κ3) is 3.89. The molecule has 1 aliphatic rings. The molecule has 2 aromatic carbocycles. The minimum Gasteiger partial charge on any atom is -0.420 e. The number of aryl methyl sites for hydroxylation is 1. The Balaban J connectivity index is 1.04. The fourth-order valence-electron chi connectivity index (χ4n) is 6.07. The number of piperidine rings is 1. The van der Waals surface area contributed by atoms with Crippen LogP contribution in [0.1, 0.15) is 30.3 Å². The molecule has 198 valence electrons. The van der Waals surface area contributed by atoms with Crippen molar-refractivity contribution >= 4 is 27.5 Å². The number of benzene rings is 2. The minimum atomic E-state index is 0.222. The van der Waals surface area contributed by atoms with Crippen molar-refractivity contribution in [2.75, 3.05) is 13.1 Å². The molecule has 9 nitrogen and oxygen atoms in total. The summed E-state index contributed by atoms with van der Waals surface area (Å²) in [5.74, 6) is 1.48. The van der Waals surface area contributed by atoms with Gasteiger partial charge in [0.05, 0.1) is 11.4 Å². The van der Waals surface area contributed by atoms with E-state index in [-0.39, 0.29) is 5.92 Å². The number of H-pyrrole nitrogens is 1. The molecule has 1 saturated heterocycles. The summed E-state index contributed by atoms with van der Waals surface area (Å²) in [7, 11) is 2.15. The van der Waals surface area contributed by atoms with Crippen LogP contribution in [0.3, 0.4) is 0 Å². The van der Waals surface area contributed by atoms with E-state index in [0.29, 0.717) is 5.89 Å². The van der Waals surface area contributed by atoms with Crippen LogP contribution in [0.2, 0.25) is 0 Å². The Labute approximate surface area is 230 Å². The summed E-state index contributed by atoms with van der Waals surface area (Å²) in [5.41, 5.74) is 7.23. The number of rotatable bonds is 5. The maximum atomic E-state index is 6.30. The Hall–Kier alpha value is -4.76. The van der Waals surface area contributed by atoms with Crippen molar-refractivity contribution < 1.29 is 4.42 Å². The molecule has 1 fully saturated rings. The average Bonchev–Trinajstić information content (AvgIpc) is 3.79. The van der Waals surface area contributed by atoms with Crippen molar-refractivity contribution in [1.29, 1.82) is 0 Å². The van der Waals surface area contributed by atoms with Gasteiger partial charge in [-0.1, -0.05) is 18.2 Å². The van der Waals surface area contributed by atoms with E-state index in [1.54, 1.807) is 6.20 Å². The Morgan fingerprint density at radius 2 is 1.95 bits per heavy atom. The summed E-state index contributed by atoms with van der Waals surface area (Å²) >= 11 is 0. The fourth-order valence-corrected chi connectivity index (χ4v) is 6.07. The summed E-state index contributed by atoms with van der Waals surface area (Å²) in [5, 5.41) is 19.0. The van der Waals surface area contributed by atoms with Crippen LogP contribution in [0.15, 0.2) is 83.7 Å². The lowest BCUT2D eigenvalue weighted by molar-refractivity contribution is 0.183. The molecule has 0 radical (unpaired) electrons. The van der Waals surface area contributed by atoms with Crippen LogP contribution in [0, 0.1) is 0 Å². The van der Waals surface area contributed by atoms with Gasteiger partial charge in [-0.15, -0.1) is 10.2 Å². The lowest BCUT2D eigenvalue weighted by Gasteiger charge is -2.31. The first-order valence-corrected chi connectivity index (χ1v) is 13.7. The summed E-state index contributed by atoms with van der Waals surface area (Å²) < 4.78 is 10.6. The number of aromatic nitrogens is 7. The highest BCUT2D eigenvalue weighted by Crippen LogP contribution is 2.33. The van der Waals surface area contributed by atoms with Gasteiger partial charge in [0.2, 0.25) is 11.8 Å². The van der Waals surface area contributed by atoms with Crippen molar-refractivity contribution in [3.05, 3.63) is 90.8 Å². The number of para-hydroxylation sites is 1. The SMILES string of the molecule is Cn1c(CN2CCCC(c3nnc(-c4ccc5[nH]nc(-c6ccc7nccn7c6)c5c4)o3)C2)cc2ccccc21. The van der Waals surface area contributed by atoms with Gasteiger partial charge >= 0.3 is 0 Å². The number of pyridine rings is 1. The van der Waals surface area contributed by atoms with Crippen LogP contribution < -0.4 is 0 Å². The molecular weight excluding hydrogens is 500 g/mol. The smallest absolute Gasteiger partial charge is 0.247 e. The maximum Gasteiger partial charge on any atom is 0.247 e. The molecule has 1 unspecified atom stereocenters. The molecule has 6 heterocycles. The van der Waals surface area contributed by atoms with E-state index < -0.39 is 0 Å². The fraction of sp³-hybridized carbons (Fsp3) is 0.226. The van der Waals surface area contributed by atoms with E-state index in [0.717, 1.165) is 71.7 Å². The van der Waals surface area contributed by atoms with E-state index in [4.69, 9.17) is 4.42 Å². The van der Waals surface area contributed by atoms with Crippen molar-refractivity contribution in [3.63, 3.8) is 0 Å². The Bertz CT molecular complexity index is 1990. The Kier molecular flexibility index (Phi) is 5.31. The topological polar surface area (TPSA) is 93.1 Å². The Morgan fingerprint density at radius 3 is 2.90 bits per heavy atom. The molecule has 5 aromatic heterocycles. The van der Waals surface area contributed by atoms with Crippen molar-refractivity contribution in [1.82, 2.24) is 39.2 Å². The lowest BCUT2D eigenvalue weighted by Crippen LogP contribution is -2.34. The number of nitrogens with one attached hydrogen (secondary N) is 1. The second kappa shape index (κ2) is 9.17. The van der Waals surface area contributed by atoms with Gasteiger partial charge in [0.25, 0.3) is 0 Å². The number of aromatic amines is 1. The van der Waals surface area contributed by atoms with Gasteiger partial charge in [-0.2, -0.15) is 5.10 Å². The molecule has 9 heteroatoms. The molecule has 1 atom stereocenters. The average molecular weight is 529 g/mol. The highest BCUT2D eigenvalue weighted by Gasteiger charge is 2.27. The van der Waals surface area contributed by atoms with Crippen LogP contribution in [-0.2, 0) is 13.6 Å². The van der Waals surface area contributed by atoms with Crippen LogP contribution in [0.5, 0.6) is 0 Å². The number of imidazole rings is 1. The van der Waals surface area contributed by atoms with Gasteiger partial charge in [0.15, 0.2) is 0 Å². The van der Waals surface area contributed by atoms with Gasteiger partial charge in [-0.3, -0.25) is 10.00 Å². The van der Waals surface area contributed by atoms with E-state index >= 15 is 0 Å². The maximum absolute atomic E-state index is 6.30. The van der Waals surface area contributed by atoms with Gasteiger partial charge in [0.1, 0.15) is 11.3 Å². The number of nitrogens with zero attached hydrogens (tertiary/aromatic N) is 7. The zero-order valence-electron chi connectivity index (χ0n) is 22.2. The summed E-state index contributed by atoms with van der Waals surface area (Å²) in [6, 6.07) is 21.0. The standard InChI is InChI=1S/C31H28N8O/c1-37-24(15-20-5-2-3-7-27(20)37)19-38-13-4-6-23(17-38)31-36-35-30(40-31)21-8-10-26-25(16-21)29(34-33-26)22-9-11-28-32-12-14-39(28)18-22/h2-3,5,7-12,14-16,18,23H,4,6,13,17,19H2,1H3,(H,33,34). The van der Waals surface area contributed by atoms with Crippen molar-refractivity contribution in [3.8, 4) is 22.7 Å². The summed E-state index contributed by atoms with van der Waals surface area (Å²) in [6.45, 7) is 2.89. The zero-order valence-corrected chi connectivity index (χ0v) is 22.2. The first-order chi connectivity index (χ1) is 19.7. The predicted molar refractivity (Wildman–Crippen MR) is 154 cm³/mol. The molecule has 40 heavy (non-hydrogen) atoms. The first kappa shape index (κ1) is 23.2. The highest BCUT2D eigenvalue weighted by molar-refractivity contribution is 5.95. The first-order valence-electron chi connectivity index (χ1n) is 13.7. The third-order valence-corrected chi connectivity index (χ3v) is 8.20. The molecular formula is C31H28N8O. The number of hydrogen-bond donors (Lipinski definition) is 1. The Morgan fingerprint density at radius 1 is 1.02 bits per heavy atom. The lowest BCUT2D eigenvalue weighted by atomic mass is 9.98. The van der Waals surface area contributed by atoms with E-state index in [1.807, 2.05) is 41.1 Å². The van der Waals surface area contributed by atoms with Gasteiger partial charge in [-0.05, 0) is 67.2 Å². The van der Waals surface area contributed by atoms with Crippen LogP contribution >= 0.6 is 0 Å². The summed E-state index contributed by atoms with van der Waals surface area (Å²) in [6.07, 6.45) is 7.94. The van der Waals surface area contributed by atoms with Crippen LogP contribution in [-0.4, -0.2) is 52.3 Å². The van der Waals surface area contributed by atoms with Gasteiger partial charge < -0.3 is 13.4 Å². The molecule has 8 rings (SSSR count). The van der Waals surface area contributed by atoms with Gasteiger partial charge in [-0.25, -0.2) is 4.98 Å². The monoisotopic (exact) mass is 528 g/mol. The summed E-state index contributed by atoms with van der Waals surface area (Å²) in [4.78, 5) is 6.85.